The normalized spacial score (nSPS) is 19.1. The number of hydrogen-bond donors (Lipinski definition) is 2. The van der Waals surface area contributed by atoms with Gasteiger partial charge in [-0.15, -0.1) is 0 Å². The lowest BCUT2D eigenvalue weighted by Crippen LogP contribution is -2.39. The van der Waals surface area contributed by atoms with E-state index in [1.54, 1.807) is 0 Å². The Hall–Kier alpha value is -0.610. The van der Waals surface area contributed by atoms with Gasteiger partial charge in [-0.3, -0.25) is 0 Å². The highest BCUT2D eigenvalue weighted by Crippen LogP contribution is 2.23. The lowest BCUT2D eigenvalue weighted by Gasteiger charge is -2.32. The molecule has 1 fully saturated rings. The maximum atomic E-state index is 8.95. The summed E-state index contributed by atoms with van der Waals surface area (Å²) in [5.41, 5.74) is 1.17. The third-order valence-electron chi connectivity index (χ3n) is 4.21. The zero-order valence-electron chi connectivity index (χ0n) is 12.2. The summed E-state index contributed by atoms with van der Waals surface area (Å²) in [5, 5.41) is 13.4. The van der Waals surface area contributed by atoms with Crippen molar-refractivity contribution in [3.63, 3.8) is 0 Å². The van der Waals surface area contributed by atoms with E-state index in [1.165, 1.54) is 18.4 Å². The van der Waals surface area contributed by atoms with Gasteiger partial charge in [0.2, 0.25) is 0 Å². The Kier molecular flexibility index (Phi) is 6.30. The van der Waals surface area contributed by atoms with E-state index < -0.39 is 0 Å². The van der Waals surface area contributed by atoms with Gasteiger partial charge in [0.25, 0.3) is 0 Å². The van der Waals surface area contributed by atoms with E-state index >= 15 is 0 Å². The number of rotatable bonds is 6. The number of piperidine rings is 1. The molecule has 1 saturated heterocycles. The molecule has 0 amide bonds. The van der Waals surface area contributed by atoms with Crippen molar-refractivity contribution in [1.82, 2.24) is 10.2 Å². The number of β-amino-alcohol motifs (C(OH)–C–C–N with tert-alkyl or cyclic N) is 1. The third kappa shape index (κ3) is 4.45. The molecule has 0 aromatic heterocycles. The Balaban J connectivity index is 1.75. The first-order chi connectivity index (χ1) is 9.70. The zero-order valence-corrected chi connectivity index (χ0v) is 12.9. The van der Waals surface area contributed by atoms with Crippen molar-refractivity contribution in [2.45, 2.75) is 25.8 Å². The minimum absolute atomic E-state index is 0.270. The molecule has 2 N–H and O–H groups in total. The summed E-state index contributed by atoms with van der Waals surface area (Å²) in [4.78, 5) is 2.34. The predicted octanol–water partition coefficient (Wildman–Crippen LogP) is 2.69. The van der Waals surface area contributed by atoms with Gasteiger partial charge in [-0.2, -0.15) is 0 Å². The van der Waals surface area contributed by atoms with Crippen molar-refractivity contribution >= 4 is 11.6 Å². The van der Waals surface area contributed by atoms with Crippen LogP contribution >= 0.6 is 11.6 Å². The first-order valence-corrected chi connectivity index (χ1v) is 7.89. The molecule has 0 aliphatic carbocycles. The van der Waals surface area contributed by atoms with Crippen LogP contribution in [0.2, 0.25) is 5.02 Å². The molecule has 0 saturated carbocycles. The number of aliphatic hydroxyl groups is 1. The first kappa shape index (κ1) is 15.8. The minimum Gasteiger partial charge on any atom is -0.395 e. The van der Waals surface area contributed by atoms with Crippen LogP contribution < -0.4 is 5.32 Å². The number of likely N-dealkylation sites (tertiary alicyclic amines) is 1. The van der Waals surface area contributed by atoms with Crippen LogP contribution in [-0.4, -0.2) is 42.8 Å². The highest BCUT2D eigenvalue weighted by molar-refractivity contribution is 6.31. The molecule has 1 aliphatic rings. The van der Waals surface area contributed by atoms with Crippen LogP contribution in [0.5, 0.6) is 0 Å². The highest BCUT2D eigenvalue weighted by Gasteiger charge is 2.19. The molecule has 4 heteroatoms. The molecule has 1 aliphatic heterocycles. The van der Waals surface area contributed by atoms with E-state index in [2.05, 4.69) is 23.2 Å². The lowest BCUT2D eigenvalue weighted by atomic mass is 9.96. The number of nitrogens with zero attached hydrogens (tertiary/aromatic N) is 1. The summed E-state index contributed by atoms with van der Waals surface area (Å²) in [7, 11) is 0. The van der Waals surface area contributed by atoms with Crippen LogP contribution in [0.15, 0.2) is 24.3 Å². The van der Waals surface area contributed by atoms with Gasteiger partial charge in [0.05, 0.1) is 6.61 Å². The average Bonchev–Trinajstić information content (AvgIpc) is 2.47. The fourth-order valence-electron chi connectivity index (χ4n) is 2.84. The Bertz CT molecular complexity index is 405. The van der Waals surface area contributed by atoms with Crippen LogP contribution in [0.3, 0.4) is 0 Å². The van der Waals surface area contributed by atoms with E-state index in [0.717, 1.165) is 37.1 Å². The molecule has 3 nitrogen and oxygen atoms in total. The maximum Gasteiger partial charge on any atom is 0.0558 e. The SMILES string of the molecule is C[C@@H](NCC1CCN(CCO)CC1)c1ccccc1Cl. The summed E-state index contributed by atoms with van der Waals surface area (Å²) >= 11 is 6.22. The van der Waals surface area contributed by atoms with E-state index in [4.69, 9.17) is 16.7 Å². The van der Waals surface area contributed by atoms with Gasteiger partial charge in [-0.25, -0.2) is 0 Å². The second-order valence-electron chi connectivity index (χ2n) is 5.66. The molecule has 1 heterocycles. The second kappa shape index (κ2) is 7.99. The Morgan fingerprint density at radius 3 is 2.70 bits per heavy atom. The zero-order chi connectivity index (χ0) is 14.4. The van der Waals surface area contributed by atoms with Crippen LogP contribution in [0.1, 0.15) is 31.4 Å². The van der Waals surface area contributed by atoms with E-state index in [-0.39, 0.29) is 6.61 Å². The van der Waals surface area contributed by atoms with Gasteiger partial charge < -0.3 is 15.3 Å². The number of nitrogens with one attached hydrogen (secondary N) is 1. The van der Waals surface area contributed by atoms with Crippen molar-refractivity contribution in [2.75, 3.05) is 32.8 Å². The minimum atomic E-state index is 0.270. The molecular weight excluding hydrogens is 272 g/mol. The quantitative estimate of drug-likeness (QED) is 0.847. The fraction of sp³-hybridized carbons (Fsp3) is 0.625. The third-order valence-corrected chi connectivity index (χ3v) is 4.55. The second-order valence-corrected chi connectivity index (χ2v) is 6.07. The van der Waals surface area contributed by atoms with Gasteiger partial charge in [0.15, 0.2) is 0 Å². The molecule has 1 atom stereocenters. The van der Waals surface area contributed by atoms with Crippen molar-refractivity contribution in [1.29, 1.82) is 0 Å². The summed E-state index contributed by atoms with van der Waals surface area (Å²) in [6.45, 7) is 6.50. The van der Waals surface area contributed by atoms with Crippen LogP contribution in [0.4, 0.5) is 0 Å². The Labute approximate surface area is 126 Å². The summed E-state index contributed by atoms with van der Waals surface area (Å²) < 4.78 is 0. The highest BCUT2D eigenvalue weighted by atomic mass is 35.5. The molecule has 1 aromatic carbocycles. The summed E-state index contributed by atoms with van der Waals surface area (Å²) in [5.74, 6) is 0.731. The van der Waals surface area contributed by atoms with E-state index in [9.17, 15) is 0 Å². The Morgan fingerprint density at radius 1 is 1.35 bits per heavy atom. The van der Waals surface area contributed by atoms with Crippen LogP contribution in [-0.2, 0) is 0 Å². The maximum absolute atomic E-state index is 8.95. The monoisotopic (exact) mass is 296 g/mol. The molecule has 0 spiro atoms. The molecule has 0 bridgehead atoms. The molecule has 0 radical (unpaired) electrons. The van der Waals surface area contributed by atoms with Crippen molar-refractivity contribution in [2.24, 2.45) is 5.92 Å². The lowest BCUT2D eigenvalue weighted by molar-refractivity contribution is 0.146. The molecular formula is C16H25ClN2O. The van der Waals surface area contributed by atoms with Crippen molar-refractivity contribution in [3.8, 4) is 0 Å². The van der Waals surface area contributed by atoms with Crippen LogP contribution in [0, 0.1) is 5.92 Å². The average molecular weight is 297 g/mol. The molecule has 20 heavy (non-hydrogen) atoms. The van der Waals surface area contributed by atoms with Gasteiger partial charge in [0.1, 0.15) is 0 Å². The van der Waals surface area contributed by atoms with Crippen molar-refractivity contribution < 1.29 is 5.11 Å². The predicted molar refractivity (Wildman–Crippen MR) is 84.1 cm³/mol. The molecule has 112 valence electrons. The summed E-state index contributed by atoms with van der Waals surface area (Å²) in [6, 6.07) is 8.33. The molecule has 1 aromatic rings. The Morgan fingerprint density at radius 2 is 2.05 bits per heavy atom. The van der Waals surface area contributed by atoms with Gasteiger partial charge in [-0.05, 0) is 56.9 Å². The number of aliphatic hydroxyl groups excluding tert-OH is 1. The fourth-order valence-corrected chi connectivity index (χ4v) is 3.13. The van der Waals surface area contributed by atoms with E-state index in [1.807, 2.05) is 18.2 Å². The number of benzene rings is 1. The first-order valence-electron chi connectivity index (χ1n) is 7.51. The molecule has 0 unspecified atom stereocenters. The van der Waals surface area contributed by atoms with Crippen LogP contribution in [0.25, 0.3) is 0 Å². The standard InChI is InChI=1S/C16H25ClN2O/c1-13(15-4-2-3-5-16(15)17)18-12-14-6-8-19(9-7-14)10-11-20/h2-5,13-14,18,20H,6-12H2,1H3/t13-/m1/s1. The van der Waals surface area contributed by atoms with Gasteiger partial charge in [0, 0.05) is 17.6 Å². The van der Waals surface area contributed by atoms with Crippen molar-refractivity contribution in [3.05, 3.63) is 34.9 Å². The van der Waals surface area contributed by atoms with Gasteiger partial charge >= 0.3 is 0 Å². The largest absolute Gasteiger partial charge is 0.395 e. The smallest absolute Gasteiger partial charge is 0.0558 e. The summed E-state index contributed by atoms with van der Waals surface area (Å²) in [6.07, 6.45) is 2.42. The number of hydrogen-bond acceptors (Lipinski definition) is 3. The van der Waals surface area contributed by atoms with E-state index in [0.29, 0.717) is 6.04 Å². The number of halogens is 1. The van der Waals surface area contributed by atoms with Gasteiger partial charge in [-0.1, -0.05) is 29.8 Å². The molecule has 2 rings (SSSR count). The topological polar surface area (TPSA) is 35.5 Å².